The SMILES string of the molecule is COc1ccc(CC(=O)OC(C)C(=O)c2ccc(Cl)cc2)cc1Br. The minimum absolute atomic E-state index is 0.0703. The Hall–Kier alpha value is -1.85. The number of esters is 1. The summed E-state index contributed by atoms with van der Waals surface area (Å²) in [5.41, 5.74) is 1.21. The van der Waals surface area contributed by atoms with Crippen molar-refractivity contribution in [2.24, 2.45) is 0 Å². The molecule has 126 valence electrons. The molecular formula is C18H16BrClO4. The highest BCUT2D eigenvalue weighted by molar-refractivity contribution is 9.10. The molecule has 0 aliphatic heterocycles. The van der Waals surface area contributed by atoms with Crippen molar-refractivity contribution in [2.45, 2.75) is 19.4 Å². The van der Waals surface area contributed by atoms with E-state index in [2.05, 4.69) is 15.9 Å². The fraction of sp³-hybridized carbons (Fsp3) is 0.222. The Morgan fingerprint density at radius 1 is 1.17 bits per heavy atom. The number of carbonyl (C=O) groups is 2. The van der Waals surface area contributed by atoms with Gasteiger partial charge in [0.25, 0.3) is 0 Å². The second kappa shape index (κ2) is 8.31. The van der Waals surface area contributed by atoms with Gasteiger partial charge in [-0.1, -0.05) is 17.7 Å². The lowest BCUT2D eigenvalue weighted by Crippen LogP contribution is -2.25. The van der Waals surface area contributed by atoms with Crippen molar-refractivity contribution in [3.05, 3.63) is 63.1 Å². The first-order valence-electron chi connectivity index (χ1n) is 7.22. The predicted molar refractivity (Wildman–Crippen MR) is 95.7 cm³/mol. The Labute approximate surface area is 153 Å². The van der Waals surface area contributed by atoms with E-state index < -0.39 is 12.1 Å². The molecule has 0 aliphatic rings. The van der Waals surface area contributed by atoms with Crippen molar-refractivity contribution < 1.29 is 19.1 Å². The van der Waals surface area contributed by atoms with E-state index in [9.17, 15) is 9.59 Å². The maximum absolute atomic E-state index is 12.2. The molecule has 0 N–H and O–H groups in total. The molecule has 24 heavy (non-hydrogen) atoms. The summed E-state index contributed by atoms with van der Waals surface area (Å²) in [6.45, 7) is 1.55. The molecule has 0 saturated carbocycles. The average Bonchev–Trinajstić information content (AvgIpc) is 2.55. The van der Waals surface area contributed by atoms with Crippen LogP contribution in [0.25, 0.3) is 0 Å². The number of benzene rings is 2. The smallest absolute Gasteiger partial charge is 0.310 e. The molecule has 0 radical (unpaired) electrons. The van der Waals surface area contributed by atoms with Gasteiger partial charge in [-0.05, 0) is 64.8 Å². The summed E-state index contributed by atoms with van der Waals surface area (Å²) < 4.78 is 11.1. The molecule has 0 bridgehead atoms. The molecule has 0 saturated heterocycles. The van der Waals surface area contributed by atoms with Crippen molar-refractivity contribution in [1.82, 2.24) is 0 Å². The average molecular weight is 412 g/mol. The number of methoxy groups -OCH3 is 1. The summed E-state index contributed by atoms with van der Waals surface area (Å²) in [5, 5.41) is 0.543. The van der Waals surface area contributed by atoms with Crippen LogP contribution in [0.3, 0.4) is 0 Å². The number of rotatable bonds is 6. The normalized spacial score (nSPS) is 11.7. The minimum Gasteiger partial charge on any atom is -0.496 e. The maximum atomic E-state index is 12.2. The Morgan fingerprint density at radius 3 is 2.42 bits per heavy atom. The fourth-order valence-corrected chi connectivity index (χ4v) is 2.84. The van der Waals surface area contributed by atoms with E-state index >= 15 is 0 Å². The Balaban J connectivity index is 1.97. The van der Waals surface area contributed by atoms with E-state index in [-0.39, 0.29) is 12.2 Å². The molecule has 0 aromatic heterocycles. The van der Waals surface area contributed by atoms with Gasteiger partial charge in [0.05, 0.1) is 18.0 Å². The van der Waals surface area contributed by atoms with Crippen LogP contribution in [-0.4, -0.2) is 25.0 Å². The lowest BCUT2D eigenvalue weighted by molar-refractivity contribution is -0.145. The van der Waals surface area contributed by atoms with Crippen molar-refractivity contribution in [3.8, 4) is 5.75 Å². The topological polar surface area (TPSA) is 52.6 Å². The Morgan fingerprint density at radius 2 is 1.83 bits per heavy atom. The first-order chi connectivity index (χ1) is 11.4. The zero-order chi connectivity index (χ0) is 17.7. The number of carbonyl (C=O) groups excluding carboxylic acids is 2. The van der Waals surface area contributed by atoms with Crippen LogP contribution in [0.5, 0.6) is 5.75 Å². The molecule has 6 heteroatoms. The van der Waals surface area contributed by atoms with Gasteiger partial charge in [-0.3, -0.25) is 9.59 Å². The van der Waals surface area contributed by atoms with Gasteiger partial charge in [0.15, 0.2) is 6.10 Å². The van der Waals surface area contributed by atoms with Crippen molar-refractivity contribution >= 4 is 39.3 Å². The van der Waals surface area contributed by atoms with E-state index in [4.69, 9.17) is 21.1 Å². The number of ketones is 1. The van der Waals surface area contributed by atoms with Crippen molar-refractivity contribution in [3.63, 3.8) is 0 Å². The van der Waals surface area contributed by atoms with Crippen LogP contribution < -0.4 is 4.74 Å². The zero-order valence-corrected chi connectivity index (χ0v) is 15.6. The van der Waals surface area contributed by atoms with Crippen LogP contribution in [0.1, 0.15) is 22.8 Å². The van der Waals surface area contributed by atoms with Gasteiger partial charge in [0.1, 0.15) is 5.75 Å². The predicted octanol–water partition coefficient (Wildman–Crippen LogP) is 4.47. The van der Waals surface area contributed by atoms with Crippen LogP contribution in [0.15, 0.2) is 46.9 Å². The van der Waals surface area contributed by atoms with E-state index in [1.54, 1.807) is 56.5 Å². The van der Waals surface area contributed by atoms with Crippen molar-refractivity contribution in [1.29, 1.82) is 0 Å². The first-order valence-corrected chi connectivity index (χ1v) is 8.39. The van der Waals surface area contributed by atoms with E-state index in [0.717, 1.165) is 10.0 Å². The second-order valence-electron chi connectivity index (χ2n) is 5.15. The summed E-state index contributed by atoms with van der Waals surface area (Å²) in [6, 6.07) is 11.8. The lowest BCUT2D eigenvalue weighted by atomic mass is 10.1. The minimum atomic E-state index is -0.861. The highest BCUT2D eigenvalue weighted by Crippen LogP contribution is 2.25. The van der Waals surface area contributed by atoms with E-state index in [1.165, 1.54) is 0 Å². The maximum Gasteiger partial charge on any atom is 0.310 e. The monoisotopic (exact) mass is 410 g/mol. The molecule has 2 aromatic rings. The summed E-state index contributed by atoms with van der Waals surface area (Å²) in [6.07, 6.45) is -0.791. The third-order valence-corrected chi connectivity index (χ3v) is 4.24. The highest BCUT2D eigenvalue weighted by atomic mass is 79.9. The molecule has 0 fully saturated rings. The third-order valence-electron chi connectivity index (χ3n) is 3.37. The van der Waals surface area contributed by atoms with Crippen LogP contribution in [-0.2, 0) is 16.0 Å². The molecule has 0 aliphatic carbocycles. The zero-order valence-electron chi connectivity index (χ0n) is 13.2. The number of ether oxygens (including phenoxy) is 2. The Kier molecular flexibility index (Phi) is 6.40. The van der Waals surface area contributed by atoms with Crippen LogP contribution in [0.2, 0.25) is 5.02 Å². The Bertz CT molecular complexity index is 743. The molecule has 1 unspecified atom stereocenters. The van der Waals surface area contributed by atoms with Crippen molar-refractivity contribution in [2.75, 3.05) is 7.11 Å². The quantitative estimate of drug-likeness (QED) is 0.520. The number of Topliss-reactive ketones (excluding diaryl/α,β-unsaturated/α-hetero) is 1. The molecular weight excluding hydrogens is 396 g/mol. The molecule has 2 aromatic carbocycles. The van der Waals surface area contributed by atoms with Crippen LogP contribution in [0, 0.1) is 0 Å². The van der Waals surface area contributed by atoms with Gasteiger partial charge in [-0.2, -0.15) is 0 Å². The van der Waals surface area contributed by atoms with E-state index in [1.807, 2.05) is 0 Å². The molecule has 0 amide bonds. The van der Waals surface area contributed by atoms with Gasteiger partial charge in [0.2, 0.25) is 5.78 Å². The number of hydrogen-bond acceptors (Lipinski definition) is 4. The third kappa shape index (κ3) is 4.82. The van der Waals surface area contributed by atoms with E-state index in [0.29, 0.717) is 16.3 Å². The van der Waals surface area contributed by atoms with Crippen LogP contribution in [0.4, 0.5) is 0 Å². The number of halogens is 2. The molecule has 0 heterocycles. The summed E-state index contributed by atoms with van der Waals surface area (Å²) >= 11 is 9.16. The molecule has 0 spiro atoms. The molecule has 4 nitrogen and oxygen atoms in total. The van der Waals surface area contributed by atoms with Gasteiger partial charge < -0.3 is 9.47 Å². The van der Waals surface area contributed by atoms with Crippen LogP contribution >= 0.6 is 27.5 Å². The highest BCUT2D eigenvalue weighted by Gasteiger charge is 2.19. The van der Waals surface area contributed by atoms with Gasteiger partial charge in [0, 0.05) is 10.6 Å². The number of hydrogen-bond donors (Lipinski definition) is 0. The summed E-state index contributed by atoms with van der Waals surface area (Å²) in [4.78, 5) is 24.3. The van der Waals surface area contributed by atoms with Gasteiger partial charge in [-0.15, -0.1) is 0 Å². The largest absolute Gasteiger partial charge is 0.496 e. The first kappa shape index (κ1) is 18.5. The second-order valence-corrected chi connectivity index (χ2v) is 6.44. The lowest BCUT2D eigenvalue weighted by Gasteiger charge is -2.13. The van der Waals surface area contributed by atoms with Gasteiger partial charge >= 0.3 is 5.97 Å². The standard InChI is InChI=1S/C18H16BrClO4/c1-11(18(22)13-4-6-14(20)7-5-13)24-17(21)10-12-3-8-16(23-2)15(19)9-12/h3-9,11H,10H2,1-2H3. The van der Waals surface area contributed by atoms with Gasteiger partial charge in [-0.25, -0.2) is 0 Å². The molecule has 1 atom stereocenters. The molecule has 2 rings (SSSR count). The summed E-state index contributed by atoms with van der Waals surface area (Å²) in [5.74, 6) is -0.0591. The fourth-order valence-electron chi connectivity index (χ4n) is 2.13. The summed E-state index contributed by atoms with van der Waals surface area (Å²) in [7, 11) is 1.57.